The Morgan fingerprint density at radius 3 is 2.06 bits per heavy atom. The van der Waals surface area contributed by atoms with E-state index in [9.17, 15) is 0 Å². The molecule has 0 bridgehead atoms. The van der Waals surface area contributed by atoms with Crippen LogP contribution in [-0.2, 0) is 20.9 Å². The van der Waals surface area contributed by atoms with Crippen molar-refractivity contribution in [3.8, 4) is 5.75 Å². The molecule has 8 heteroatoms. The lowest BCUT2D eigenvalue weighted by Gasteiger charge is -2.34. The van der Waals surface area contributed by atoms with Crippen LogP contribution in [0.1, 0.15) is 5.56 Å². The number of aliphatic carboxylic acids is 2. The van der Waals surface area contributed by atoms with Gasteiger partial charge in [0.1, 0.15) is 12.4 Å². The maximum atomic E-state index is 9.10. The summed E-state index contributed by atoms with van der Waals surface area (Å²) in [6.45, 7) is 8.49. The van der Waals surface area contributed by atoms with Gasteiger partial charge in [-0.1, -0.05) is 66.7 Å². The lowest BCUT2D eigenvalue weighted by molar-refractivity contribution is -0.159. The molecule has 0 saturated carbocycles. The zero-order chi connectivity index (χ0) is 24.9. The molecule has 186 valence electrons. The van der Waals surface area contributed by atoms with E-state index in [4.69, 9.17) is 29.3 Å². The number of ether oxygens (including phenoxy) is 2. The highest BCUT2D eigenvalue weighted by Gasteiger charge is 2.16. The van der Waals surface area contributed by atoms with Crippen molar-refractivity contribution in [3.05, 3.63) is 78.4 Å². The van der Waals surface area contributed by atoms with Crippen molar-refractivity contribution in [1.82, 2.24) is 9.80 Å². The minimum Gasteiger partial charge on any atom is -0.491 e. The van der Waals surface area contributed by atoms with Gasteiger partial charge in [0.2, 0.25) is 0 Å². The molecule has 0 atom stereocenters. The molecule has 1 aliphatic rings. The molecule has 0 radical (unpaired) electrons. The Bertz CT molecular complexity index is 1050. The van der Waals surface area contributed by atoms with Crippen molar-refractivity contribution in [1.29, 1.82) is 0 Å². The number of carbonyl (C=O) groups is 2. The highest BCUT2D eigenvalue weighted by molar-refractivity contribution is 6.27. The van der Waals surface area contributed by atoms with Gasteiger partial charge < -0.3 is 19.7 Å². The van der Waals surface area contributed by atoms with Gasteiger partial charge in [-0.25, -0.2) is 9.59 Å². The van der Waals surface area contributed by atoms with E-state index >= 15 is 0 Å². The van der Waals surface area contributed by atoms with E-state index in [1.54, 1.807) is 0 Å². The number of rotatable bonds is 9. The fraction of sp³-hybridized carbons (Fsp3) is 0.333. The van der Waals surface area contributed by atoms with E-state index in [0.29, 0.717) is 13.2 Å². The van der Waals surface area contributed by atoms with Gasteiger partial charge in [0.25, 0.3) is 0 Å². The van der Waals surface area contributed by atoms with Crippen LogP contribution >= 0.6 is 0 Å². The third kappa shape index (κ3) is 9.01. The molecule has 8 nitrogen and oxygen atoms in total. The van der Waals surface area contributed by atoms with Crippen molar-refractivity contribution in [2.45, 2.75) is 6.54 Å². The fourth-order valence-corrected chi connectivity index (χ4v) is 3.84. The summed E-state index contributed by atoms with van der Waals surface area (Å²) in [6.07, 6.45) is 0. The molecule has 0 aromatic heterocycles. The second-order valence-corrected chi connectivity index (χ2v) is 8.15. The summed E-state index contributed by atoms with van der Waals surface area (Å²) in [5.41, 5.74) is 1.40. The second kappa shape index (κ2) is 14.1. The highest BCUT2D eigenvalue weighted by atomic mass is 16.5. The first-order valence-corrected chi connectivity index (χ1v) is 11.7. The smallest absolute Gasteiger partial charge is 0.414 e. The molecule has 3 aromatic rings. The average molecular weight is 481 g/mol. The molecule has 1 heterocycles. The van der Waals surface area contributed by atoms with E-state index < -0.39 is 11.9 Å². The molecule has 2 N–H and O–H groups in total. The highest BCUT2D eigenvalue weighted by Crippen LogP contribution is 2.24. The van der Waals surface area contributed by atoms with Gasteiger partial charge in [-0.05, 0) is 17.0 Å². The monoisotopic (exact) mass is 480 g/mol. The predicted octanol–water partition coefficient (Wildman–Crippen LogP) is 3.21. The Morgan fingerprint density at radius 2 is 1.34 bits per heavy atom. The van der Waals surface area contributed by atoms with Crippen LogP contribution in [0.3, 0.4) is 0 Å². The standard InChI is InChI=1S/C25H30N2O2.C2H2O4/c1-2-7-22(8-3-1)21-27-15-13-26(14-16-27)17-18-28-19-20-29-25-12-6-10-23-9-4-5-11-24(23)25;3-1(4)2(5)6/h1-12H,13-21H2;(H,3,4)(H,5,6). The van der Waals surface area contributed by atoms with Crippen LogP contribution in [0.4, 0.5) is 0 Å². The topological polar surface area (TPSA) is 99.5 Å². The number of carboxylic acid groups (broad SMARTS) is 2. The first-order chi connectivity index (χ1) is 17.0. The molecule has 0 spiro atoms. The van der Waals surface area contributed by atoms with Crippen LogP contribution in [0.25, 0.3) is 10.8 Å². The summed E-state index contributed by atoms with van der Waals surface area (Å²) >= 11 is 0. The maximum absolute atomic E-state index is 9.10. The lowest BCUT2D eigenvalue weighted by atomic mass is 10.1. The van der Waals surface area contributed by atoms with Gasteiger partial charge in [-0.2, -0.15) is 0 Å². The number of fused-ring (bicyclic) bond motifs is 1. The van der Waals surface area contributed by atoms with Crippen molar-refractivity contribution in [3.63, 3.8) is 0 Å². The van der Waals surface area contributed by atoms with E-state index in [0.717, 1.165) is 57.0 Å². The number of hydrogen-bond acceptors (Lipinski definition) is 6. The molecular weight excluding hydrogens is 448 g/mol. The molecule has 1 fully saturated rings. The molecule has 1 aliphatic heterocycles. The Kier molecular flexibility index (Phi) is 10.5. The summed E-state index contributed by atoms with van der Waals surface area (Å²) < 4.78 is 11.7. The van der Waals surface area contributed by atoms with Gasteiger partial charge in [0.15, 0.2) is 0 Å². The molecular formula is C27H32N2O6. The molecule has 0 aliphatic carbocycles. The molecule has 1 saturated heterocycles. The summed E-state index contributed by atoms with van der Waals surface area (Å²) in [7, 11) is 0. The first kappa shape index (κ1) is 26.2. The van der Waals surface area contributed by atoms with Gasteiger partial charge in [-0.15, -0.1) is 0 Å². The van der Waals surface area contributed by atoms with Crippen molar-refractivity contribution in [2.24, 2.45) is 0 Å². The van der Waals surface area contributed by atoms with Crippen LogP contribution < -0.4 is 4.74 Å². The van der Waals surface area contributed by atoms with E-state index in [1.165, 1.54) is 10.9 Å². The van der Waals surface area contributed by atoms with Gasteiger partial charge in [0, 0.05) is 44.7 Å². The Morgan fingerprint density at radius 1 is 0.714 bits per heavy atom. The number of hydrogen-bond donors (Lipinski definition) is 2. The summed E-state index contributed by atoms with van der Waals surface area (Å²) in [6, 6.07) is 25.2. The van der Waals surface area contributed by atoms with E-state index in [2.05, 4.69) is 64.4 Å². The first-order valence-electron chi connectivity index (χ1n) is 11.7. The number of benzene rings is 3. The molecule has 35 heavy (non-hydrogen) atoms. The molecule has 0 amide bonds. The maximum Gasteiger partial charge on any atom is 0.414 e. The quantitative estimate of drug-likeness (QED) is 0.356. The van der Waals surface area contributed by atoms with Gasteiger partial charge in [0.05, 0.1) is 13.2 Å². The Labute approximate surface area is 205 Å². The molecule has 4 rings (SSSR count). The average Bonchev–Trinajstić information content (AvgIpc) is 2.88. The molecule has 0 unspecified atom stereocenters. The summed E-state index contributed by atoms with van der Waals surface area (Å²) in [4.78, 5) is 23.2. The van der Waals surface area contributed by atoms with Crippen molar-refractivity contribution in [2.75, 3.05) is 52.5 Å². The number of piperazine rings is 1. The van der Waals surface area contributed by atoms with Crippen molar-refractivity contribution >= 4 is 22.7 Å². The SMILES string of the molecule is O=C(O)C(=O)O.c1ccc(CN2CCN(CCOCCOc3cccc4ccccc34)CC2)cc1. The largest absolute Gasteiger partial charge is 0.491 e. The van der Waals surface area contributed by atoms with Crippen molar-refractivity contribution < 1.29 is 29.3 Å². The van der Waals surface area contributed by atoms with Crippen LogP contribution in [0.5, 0.6) is 5.75 Å². The Hall–Kier alpha value is -3.46. The lowest BCUT2D eigenvalue weighted by Crippen LogP contribution is -2.46. The van der Waals surface area contributed by atoms with E-state index in [1.807, 2.05) is 18.2 Å². The van der Waals surface area contributed by atoms with Gasteiger partial charge in [-0.3, -0.25) is 9.80 Å². The number of carboxylic acids is 2. The zero-order valence-corrected chi connectivity index (χ0v) is 19.7. The number of nitrogens with zero attached hydrogens (tertiary/aromatic N) is 2. The summed E-state index contributed by atoms with van der Waals surface area (Å²) in [5.74, 6) is -2.72. The minimum atomic E-state index is -1.82. The predicted molar refractivity (Wildman–Crippen MR) is 134 cm³/mol. The fourth-order valence-electron chi connectivity index (χ4n) is 3.84. The molecule has 3 aromatic carbocycles. The van der Waals surface area contributed by atoms with Crippen LogP contribution in [0.15, 0.2) is 72.8 Å². The van der Waals surface area contributed by atoms with E-state index in [-0.39, 0.29) is 0 Å². The van der Waals surface area contributed by atoms with Crippen LogP contribution in [-0.4, -0.2) is 84.5 Å². The van der Waals surface area contributed by atoms with Crippen LogP contribution in [0, 0.1) is 0 Å². The normalized spacial score (nSPS) is 14.2. The van der Waals surface area contributed by atoms with Gasteiger partial charge >= 0.3 is 11.9 Å². The summed E-state index contributed by atoms with van der Waals surface area (Å²) in [5, 5.41) is 17.1. The zero-order valence-electron chi connectivity index (χ0n) is 19.7. The Balaban J connectivity index is 0.000000509. The van der Waals surface area contributed by atoms with Crippen LogP contribution in [0.2, 0.25) is 0 Å². The second-order valence-electron chi connectivity index (χ2n) is 8.15. The minimum absolute atomic E-state index is 0.582. The third-order valence-corrected chi connectivity index (χ3v) is 5.68. The third-order valence-electron chi connectivity index (χ3n) is 5.68.